The first-order valence-corrected chi connectivity index (χ1v) is 12.6. The molecule has 0 bridgehead atoms. The molecule has 2 aliphatic heterocycles. The van der Waals surface area contributed by atoms with Crippen LogP contribution in [0.2, 0.25) is 5.02 Å². The summed E-state index contributed by atoms with van der Waals surface area (Å²) in [5.41, 5.74) is 1.23. The van der Waals surface area contributed by atoms with Gasteiger partial charge >= 0.3 is 0 Å². The van der Waals surface area contributed by atoms with Gasteiger partial charge in [0.15, 0.2) is 0 Å². The molecule has 2 saturated heterocycles. The van der Waals surface area contributed by atoms with Crippen LogP contribution in [0.4, 0.5) is 0 Å². The van der Waals surface area contributed by atoms with Crippen molar-refractivity contribution in [1.29, 1.82) is 5.26 Å². The highest BCUT2D eigenvalue weighted by molar-refractivity contribution is 6.31. The Bertz CT molecular complexity index is 1020. The Morgan fingerprint density at radius 1 is 1.23 bits per heavy atom. The van der Waals surface area contributed by atoms with Crippen LogP contribution in [0.3, 0.4) is 0 Å². The zero-order valence-corrected chi connectivity index (χ0v) is 21.1. The molecule has 0 spiro atoms. The number of amides is 3. The fraction of sp³-hybridized carbons (Fsp3) is 0.600. The van der Waals surface area contributed by atoms with Crippen molar-refractivity contribution >= 4 is 29.3 Å². The lowest BCUT2D eigenvalue weighted by Crippen LogP contribution is -2.62. The largest absolute Gasteiger partial charge is 0.340 e. The Morgan fingerprint density at radius 2 is 1.97 bits per heavy atom. The number of benzene rings is 1. The molecule has 10 heteroatoms. The predicted octanol–water partition coefficient (Wildman–Crippen LogP) is 1.26. The lowest BCUT2D eigenvalue weighted by Gasteiger charge is -2.47. The zero-order valence-electron chi connectivity index (χ0n) is 20.4. The van der Waals surface area contributed by atoms with Crippen LogP contribution in [0.25, 0.3) is 0 Å². The average molecular weight is 501 g/mol. The third kappa shape index (κ3) is 5.77. The van der Waals surface area contributed by atoms with E-state index in [4.69, 9.17) is 16.9 Å². The summed E-state index contributed by atoms with van der Waals surface area (Å²) < 4.78 is 0. The number of nitrogens with zero attached hydrogens (tertiary/aromatic N) is 5. The number of carbonyl (C=O) groups is 3. The van der Waals surface area contributed by atoms with Crippen LogP contribution in [0.15, 0.2) is 18.2 Å². The van der Waals surface area contributed by atoms with Crippen LogP contribution in [0, 0.1) is 17.2 Å². The fourth-order valence-electron chi connectivity index (χ4n) is 5.47. The summed E-state index contributed by atoms with van der Waals surface area (Å²) in [4.78, 5) is 45.4. The van der Waals surface area contributed by atoms with E-state index in [0.29, 0.717) is 29.8 Å². The van der Waals surface area contributed by atoms with Gasteiger partial charge in [0.25, 0.3) is 0 Å². The molecular weight excluding hydrogens is 468 g/mol. The first-order chi connectivity index (χ1) is 16.8. The molecule has 3 atom stereocenters. The zero-order chi connectivity index (χ0) is 25.1. The summed E-state index contributed by atoms with van der Waals surface area (Å²) in [5.74, 6) is -0.118. The molecule has 35 heavy (non-hydrogen) atoms. The average Bonchev–Trinajstić information content (AvgIpc) is 2.85. The van der Waals surface area contributed by atoms with E-state index in [-0.39, 0.29) is 36.2 Å². The number of piperazine rings is 1. The van der Waals surface area contributed by atoms with Crippen LogP contribution in [0.5, 0.6) is 0 Å². The van der Waals surface area contributed by atoms with Crippen LogP contribution in [0.1, 0.15) is 37.3 Å². The minimum atomic E-state index is -0.146. The smallest absolute Gasteiger partial charge is 0.242 e. The van der Waals surface area contributed by atoms with Crippen LogP contribution in [-0.4, -0.2) is 95.8 Å². The topological polar surface area (TPSA) is 100.0 Å². The molecule has 9 nitrogen and oxygen atoms in total. The number of hydrogen-bond donors (Lipinski definition) is 1. The molecule has 1 aromatic rings. The SMILES string of the molecule is CC(=O)N1CCN(C2CCC3NCN(CC(=O)N(C)Cc4ccc(C#N)c(Cl)c4)C(=O)C3C2)CC1. The van der Waals surface area contributed by atoms with Gasteiger partial charge in [-0.3, -0.25) is 24.6 Å². The molecule has 3 fully saturated rings. The summed E-state index contributed by atoms with van der Waals surface area (Å²) in [6.45, 7) is 5.53. The van der Waals surface area contributed by atoms with Gasteiger partial charge in [-0.15, -0.1) is 0 Å². The molecule has 3 aliphatic rings. The van der Waals surface area contributed by atoms with E-state index in [2.05, 4.69) is 10.2 Å². The van der Waals surface area contributed by atoms with Gasteiger partial charge in [-0.2, -0.15) is 5.26 Å². The lowest BCUT2D eigenvalue weighted by atomic mass is 9.79. The molecule has 3 unspecified atom stereocenters. The number of rotatable bonds is 5. The Morgan fingerprint density at radius 3 is 2.63 bits per heavy atom. The maximum Gasteiger partial charge on any atom is 0.242 e. The highest BCUT2D eigenvalue weighted by atomic mass is 35.5. The van der Waals surface area contributed by atoms with Gasteiger partial charge in [0.05, 0.1) is 23.2 Å². The van der Waals surface area contributed by atoms with Crippen LogP contribution < -0.4 is 5.32 Å². The standard InChI is InChI=1S/C25H33ClN6O3/c1-17(33)30-7-9-31(10-8-30)20-5-6-23-21(12-20)25(35)32(16-28-23)15-24(34)29(2)14-18-3-4-19(13-27)22(26)11-18/h3-4,11,20-21,23,28H,5-10,12,14-16H2,1-2H3. The van der Waals surface area contributed by atoms with Crippen molar-refractivity contribution in [2.24, 2.45) is 5.92 Å². The third-order valence-corrected chi connectivity index (χ3v) is 7.91. The summed E-state index contributed by atoms with van der Waals surface area (Å²) in [6, 6.07) is 7.64. The molecule has 1 aliphatic carbocycles. The molecule has 1 aromatic carbocycles. The molecule has 0 radical (unpaired) electrons. The van der Waals surface area contributed by atoms with E-state index in [1.807, 2.05) is 11.0 Å². The lowest BCUT2D eigenvalue weighted by molar-refractivity contribution is -0.148. The normalized spacial score (nSPS) is 25.1. The Hall–Kier alpha value is -2.67. The van der Waals surface area contributed by atoms with Gasteiger partial charge < -0.3 is 14.7 Å². The predicted molar refractivity (Wildman–Crippen MR) is 131 cm³/mol. The quantitative estimate of drug-likeness (QED) is 0.653. The Balaban J connectivity index is 1.32. The molecule has 1 N–H and O–H groups in total. The van der Waals surface area contributed by atoms with Crippen molar-refractivity contribution < 1.29 is 14.4 Å². The van der Waals surface area contributed by atoms with Crippen molar-refractivity contribution in [2.75, 3.05) is 46.4 Å². The minimum absolute atomic E-state index is 0.0253. The maximum absolute atomic E-state index is 13.4. The molecule has 4 rings (SSSR count). The van der Waals surface area contributed by atoms with E-state index in [0.717, 1.165) is 51.0 Å². The number of nitriles is 1. The van der Waals surface area contributed by atoms with Crippen molar-refractivity contribution in [3.8, 4) is 6.07 Å². The van der Waals surface area contributed by atoms with E-state index in [1.165, 1.54) is 0 Å². The molecule has 3 amide bonds. The van der Waals surface area contributed by atoms with Gasteiger partial charge in [-0.05, 0) is 37.0 Å². The van der Waals surface area contributed by atoms with E-state index < -0.39 is 0 Å². The molecular formula is C25H33ClN6O3. The molecule has 2 heterocycles. The number of nitrogens with one attached hydrogen (secondary N) is 1. The minimum Gasteiger partial charge on any atom is -0.340 e. The van der Waals surface area contributed by atoms with Crippen LogP contribution >= 0.6 is 11.6 Å². The number of halogens is 1. The van der Waals surface area contributed by atoms with E-state index in [1.54, 1.807) is 42.0 Å². The van der Waals surface area contributed by atoms with Crippen molar-refractivity contribution in [3.05, 3.63) is 34.3 Å². The summed E-state index contributed by atoms with van der Waals surface area (Å²) in [6.07, 6.45) is 2.76. The number of fused-ring (bicyclic) bond motifs is 1. The number of likely N-dealkylation sites (N-methyl/N-ethyl adjacent to an activating group) is 1. The second-order valence-corrected chi connectivity index (χ2v) is 10.2. The Labute approximate surface area is 211 Å². The second kappa shape index (κ2) is 10.9. The highest BCUT2D eigenvalue weighted by Gasteiger charge is 2.42. The van der Waals surface area contributed by atoms with Crippen molar-refractivity contribution in [2.45, 2.75) is 44.8 Å². The van der Waals surface area contributed by atoms with Gasteiger partial charge in [0, 0.05) is 58.8 Å². The Kier molecular flexibility index (Phi) is 7.95. The molecule has 1 saturated carbocycles. The monoisotopic (exact) mass is 500 g/mol. The fourth-order valence-corrected chi connectivity index (χ4v) is 5.71. The van der Waals surface area contributed by atoms with Gasteiger partial charge in [-0.25, -0.2) is 0 Å². The van der Waals surface area contributed by atoms with Gasteiger partial charge in [0.2, 0.25) is 17.7 Å². The summed E-state index contributed by atoms with van der Waals surface area (Å²) in [7, 11) is 1.70. The third-order valence-electron chi connectivity index (χ3n) is 7.60. The first kappa shape index (κ1) is 25.4. The highest BCUT2D eigenvalue weighted by Crippen LogP contribution is 2.32. The summed E-state index contributed by atoms with van der Waals surface area (Å²) in [5, 5.41) is 12.9. The van der Waals surface area contributed by atoms with E-state index in [9.17, 15) is 14.4 Å². The van der Waals surface area contributed by atoms with Gasteiger partial charge in [0.1, 0.15) is 12.6 Å². The number of carbonyl (C=O) groups excluding carboxylic acids is 3. The number of hydrogen-bond acceptors (Lipinski definition) is 6. The molecule has 188 valence electrons. The van der Waals surface area contributed by atoms with Crippen molar-refractivity contribution in [3.63, 3.8) is 0 Å². The molecule has 0 aromatic heterocycles. The summed E-state index contributed by atoms with van der Waals surface area (Å²) >= 11 is 6.11. The first-order valence-electron chi connectivity index (χ1n) is 12.2. The van der Waals surface area contributed by atoms with Crippen molar-refractivity contribution in [1.82, 2.24) is 24.9 Å². The van der Waals surface area contributed by atoms with Gasteiger partial charge in [-0.1, -0.05) is 17.7 Å². The van der Waals surface area contributed by atoms with E-state index >= 15 is 0 Å². The van der Waals surface area contributed by atoms with Crippen LogP contribution in [-0.2, 0) is 20.9 Å². The maximum atomic E-state index is 13.4. The second-order valence-electron chi connectivity index (χ2n) is 9.80.